The Balaban J connectivity index is 2.55. The maximum atomic E-state index is 5.19. The largest absolute Gasteiger partial charge is 0.481 e. The smallest absolute Gasteiger partial charge is 0.320 e. The van der Waals surface area contributed by atoms with Gasteiger partial charge in [-0.2, -0.15) is 9.97 Å². The van der Waals surface area contributed by atoms with E-state index < -0.39 is 0 Å². The first-order chi connectivity index (χ1) is 8.78. The maximum Gasteiger partial charge on any atom is 0.320 e. The van der Waals surface area contributed by atoms with Crippen LogP contribution < -0.4 is 14.2 Å². The van der Waals surface area contributed by atoms with Gasteiger partial charge in [-0.05, 0) is 12.1 Å². The van der Waals surface area contributed by atoms with Crippen molar-refractivity contribution in [1.82, 2.24) is 15.0 Å². The standard InChI is InChI=1S/C12H13N3O3/c1-16-10-7-9(14-12(15-10)18-3)8-5-4-6-13-11(8)17-2/h4-7H,1-3H3. The summed E-state index contributed by atoms with van der Waals surface area (Å²) in [6.45, 7) is 0. The fourth-order valence-electron chi connectivity index (χ4n) is 1.49. The van der Waals surface area contributed by atoms with E-state index in [2.05, 4.69) is 15.0 Å². The Morgan fingerprint density at radius 2 is 1.83 bits per heavy atom. The van der Waals surface area contributed by atoms with E-state index in [9.17, 15) is 0 Å². The topological polar surface area (TPSA) is 66.4 Å². The van der Waals surface area contributed by atoms with Crippen molar-refractivity contribution in [3.63, 3.8) is 0 Å². The SMILES string of the molecule is COc1cc(-c2cccnc2OC)nc(OC)n1. The minimum Gasteiger partial charge on any atom is -0.481 e. The molecular weight excluding hydrogens is 234 g/mol. The van der Waals surface area contributed by atoms with Crippen LogP contribution in [0.3, 0.4) is 0 Å². The Morgan fingerprint density at radius 3 is 2.50 bits per heavy atom. The Bertz CT molecular complexity index is 524. The zero-order chi connectivity index (χ0) is 13.0. The van der Waals surface area contributed by atoms with Crippen LogP contribution >= 0.6 is 0 Å². The first kappa shape index (κ1) is 12.1. The molecule has 0 amide bonds. The van der Waals surface area contributed by atoms with Gasteiger partial charge < -0.3 is 14.2 Å². The number of hydrogen-bond acceptors (Lipinski definition) is 6. The summed E-state index contributed by atoms with van der Waals surface area (Å²) < 4.78 is 15.3. The summed E-state index contributed by atoms with van der Waals surface area (Å²) in [5, 5.41) is 0. The van der Waals surface area contributed by atoms with Gasteiger partial charge in [0.05, 0.1) is 32.6 Å². The van der Waals surface area contributed by atoms with E-state index in [1.54, 1.807) is 25.4 Å². The molecule has 6 heteroatoms. The second-order valence-corrected chi connectivity index (χ2v) is 3.34. The van der Waals surface area contributed by atoms with Gasteiger partial charge in [0.2, 0.25) is 11.8 Å². The zero-order valence-electron chi connectivity index (χ0n) is 10.4. The van der Waals surface area contributed by atoms with Crippen LogP contribution in [0.5, 0.6) is 17.8 Å². The molecule has 0 bridgehead atoms. The van der Waals surface area contributed by atoms with E-state index >= 15 is 0 Å². The van der Waals surface area contributed by atoms with Gasteiger partial charge in [0.1, 0.15) is 0 Å². The van der Waals surface area contributed by atoms with Crippen molar-refractivity contribution in [2.75, 3.05) is 21.3 Å². The molecule has 0 saturated heterocycles. The van der Waals surface area contributed by atoms with Gasteiger partial charge >= 0.3 is 6.01 Å². The summed E-state index contributed by atoms with van der Waals surface area (Å²) in [6, 6.07) is 5.59. The highest BCUT2D eigenvalue weighted by molar-refractivity contribution is 5.65. The second kappa shape index (κ2) is 5.31. The van der Waals surface area contributed by atoms with Gasteiger partial charge in [-0.3, -0.25) is 0 Å². The van der Waals surface area contributed by atoms with Crippen LogP contribution in [-0.2, 0) is 0 Å². The second-order valence-electron chi connectivity index (χ2n) is 3.34. The van der Waals surface area contributed by atoms with Crippen LogP contribution in [0.4, 0.5) is 0 Å². The van der Waals surface area contributed by atoms with E-state index in [1.807, 2.05) is 6.07 Å². The summed E-state index contributed by atoms with van der Waals surface area (Å²) in [5.41, 5.74) is 1.38. The van der Waals surface area contributed by atoms with E-state index in [4.69, 9.17) is 14.2 Å². The van der Waals surface area contributed by atoms with Crippen molar-refractivity contribution in [1.29, 1.82) is 0 Å². The van der Waals surface area contributed by atoms with E-state index in [0.717, 1.165) is 5.56 Å². The van der Waals surface area contributed by atoms with Gasteiger partial charge in [-0.1, -0.05) is 0 Å². The first-order valence-corrected chi connectivity index (χ1v) is 5.25. The lowest BCUT2D eigenvalue weighted by atomic mass is 10.2. The average Bonchev–Trinajstić information content (AvgIpc) is 2.46. The van der Waals surface area contributed by atoms with Crippen molar-refractivity contribution >= 4 is 0 Å². The van der Waals surface area contributed by atoms with Gasteiger partial charge in [-0.15, -0.1) is 0 Å². The predicted octanol–water partition coefficient (Wildman–Crippen LogP) is 1.56. The molecule has 2 heterocycles. The van der Waals surface area contributed by atoms with Crippen LogP contribution in [-0.4, -0.2) is 36.3 Å². The van der Waals surface area contributed by atoms with Crippen molar-refractivity contribution in [2.45, 2.75) is 0 Å². The molecule has 0 fully saturated rings. The first-order valence-electron chi connectivity index (χ1n) is 5.25. The van der Waals surface area contributed by atoms with Gasteiger partial charge in [-0.25, -0.2) is 4.98 Å². The number of pyridine rings is 1. The predicted molar refractivity (Wildman–Crippen MR) is 64.9 cm³/mol. The maximum absolute atomic E-state index is 5.19. The Morgan fingerprint density at radius 1 is 1.00 bits per heavy atom. The lowest BCUT2D eigenvalue weighted by molar-refractivity contribution is 0.352. The monoisotopic (exact) mass is 247 g/mol. The molecule has 0 aliphatic rings. The van der Waals surface area contributed by atoms with Crippen LogP contribution in [0.15, 0.2) is 24.4 Å². The molecule has 0 atom stereocenters. The number of aromatic nitrogens is 3. The van der Waals surface area contributed by atoms with Crippen molar-refractivity contribution in [3.8, 4) is 29.0 Å². The molecule has 18 heavy (non-hydrogen) atoms. The number of ether oxygens (including phenoxy) is 3. The minimum absolute atomic E-state index is 0.232. The van der Waals surface area contributed by atoms with Gasteiger partial charge in [0.25, 0.3) is 0 Å². The van der Waals surface area contributed by atoms with Crippen LogP contribution in [0.25, 0.3) is 11.3 Å². The molecule has 0 N–H and O–H groups in total. The third kappa shape index (κ3) is 2.32. The van der Waals surface area contributed by atoms with Crippen LogP contribution in [0.1, 0.15) is 0 Å². The Kier molecular flexibility index (Phi) is 3.57. The molecular formula is C12H13N3O3. The van der Waals surface area contributed by atoms with E-state index in [-0.39, 0.29) is 6.01 Å². The van der Waals surface area contributed by atoms with E-state index in [0.29, 0.717) is 17.5 Å². The summed E-state index contributed by atoms with van der Waals surface area (Å²) in [6.07, 6.45) is 1.65. The third-order valence-corrected chi connectivity index (χ3v) is 2.31. The molecule has 2 aromatic heterocycles. The highest BCUT2D eigenvalue weighted by Crippen LogP contribution is 2.29. The molecule has 2 rings (SSSR count). The number of methoxy groups -OCH3 is 3. The average molecular weight is 247 g/mol. The van der Waals surface area contributed by atoms with Crippen LogP contribution in [0.2, 0.25) is 0 Å². The molecule has 2 aromatic rings. The quantitative estimate of drug-likeness (QED) is 0.816. The molecule has 0 unspecified atom stereocenters. The normalized spacial score (nSPS) is 9.94. The molecule has 0 aromatic carbocycles. The lowest BCUT2D eigenvalue weighted by Gasteiger charge is -2.08. The summed E-state index contributed by atoms with van der Waals surface area (Å²) in [5.74, 6) is 0.906. The molecule has 0 aliphatic carbocycles. The Hall–Kier alpha value is -2.37. The number of rotatable bonds is 4. The molecule has 0 radical (unpaired) electrons. The highest BCUT2D eigenvalue weighted by atomic mass is 16.5. The van der Waals surface area contributed by atoms with Gasteiger partial charge in [0.15, 0.2) is 0 Å². The molecule has 0 saturated carbocycles. The fraction of sp³-hybridized carbons (Fsp3) is 0.250. The highest BCUT2D eigenvalue weighted by Gasteiger charge is 2.12. The number of nitrogens with zero attached hydrogens (tertiary/aromatic N) is 3. The van der Waals surface area contributed by atoms with Crippen molar-refractivity contribution in [3.05, 3.63) is 24.4 Å². The summed E-state index contributed by atoms with van der Waals surface area (Å²) in [4.78, 5) is 12.4. The van der Waals surface area contributed by atoms with Crippen molar-refractivity contribution < 1.29 is 14.2 Å². The fourth-order valence-corrected chi connectivity index (χ4v) is 1.49. The zero-order valence-corrected chi connectivity index (χ0v) is 10.4. The minimum atomic E-state index is 0.232. The van der Waals surface area contributed by atoms with Crippen molar-refractivity contribution in [2.24, 2.45) is 0 Å². The lowest BCUT2D eigenvalue weighted by Crippen LogP contribution is -1.99. The number of hydrogen-bond donors (Lipinski definition) is 0. The molecule has 0 spiro atoms. The van der Waals surface area contributed by atoms with Gasteiger partial charge in [0, 0.05) is 12.3 Å². The third-order valence-electron chi connectivity index (χ3n) is 2.31. The summed E-state index contributed by atoms with van der Waals surface area (Å²) in [7, 11) is 4.59. The van der Waals surface area contributed by atoms with E-state index in [1.165, 1.54) is 14.2 Å². The molecule has 0 aliphatic heterocycles. The molecule has 6 nitrogen and oxygen atoms in total. The summed E-state index contributed by atoms with van der Waals surface area (Å²) >= 11 is 0. The van der Waals surface area contributed by atoms with Crippen LogP contribution in [0, 0.1) is 0 Å². The molecule has 94 valence electrons. The Labute approximate surface area is 105 Å².